The molecule has 0 aromatic heterocycles. The van der Waals surface area contributed by atoms with E-state index in [1.54, 1.807) is 6.07 Å². The van der Waals surface area contributed by atoms with Gasteiger partial charge in [-0.15, -0.1) is 0 Å². The standard InChI is InChI=1S/C18H19N3O6/c1-4-27-14-9-8-12(10-15(14)26-3)17(22)19-20-18(23)13-7-5-6-11(2)16(13)21(24)25/h5-10H,4H2,1-3H3,(H,19,22)(H,20,23). The number of ether oxygens (including phenoxy) is 2. The monoisotopic (exact) mass is 373 g/mol. The Balaban J connectivity index is 2.13. The van der Waals surface area contributed by atoms with Gasteiger partial charge in [-0.05, 0) is 38.1 Å². The average Bonchev–Trinajstić information content (AvgIpc) is 2.65. The van der Waals surface area contributed by atoms with Gasteiger partial charge in [0.25, 0.3) is 17.5 Å². The predicted octanol–water partition coefficient (Wildman–Crippen LogP) is 2.39. The number of methoxy groups -OCH3 is 1. The molecule has 0 saturated heterocycles. The van der Waals surface area contributed by atoms with Crippen molar-refractivity contribution in [1.29, 1.82) is 0 Å². The average molecular weight is 373 g/mol. The minimum atomic E-state index is -0.795. The normalized spacial score (nSPS) is 10.0. The molecule has 0 atom stereocenters. The van der Waals surface area contributed by atoms with Crippen LogP contribution in [-0.4, -0.2) is 30.5 Å². The number of hydrazine groups is 1. The van der Waals surface area contributed by atoms with E-state index < -0.39 is 16.7 Å². The number of nitrogens with zero attached hydrogens (tertiary/aromatic N) is 1. The number of nitro benzene ring substituents is 1. The zero-order valence-corrected chi connectivity index (χ0v) is 15.1. The quantitative estimate of drug-likeness (QED) is 0.593. The highest BCUT2D eigenvalue weighted by Gasteiger charge is 2.22. The number of carbonyl (C=O) groups excluding carboxylic acids is 2. The maximum absolute atomic E-state index is 12.2. The molecule has 0 aliphatic carbocycles. The Morgan fingerprint density at radius 1 is 1.11 bits per heavy atom. The van der Waals surface area contributed by atoms with Crippen molar-refractivity contribution in [2.45, 2.75) is 13.8 Å². The summed E-state index contributed by atoms with van der Waals surface area (Å²) in [5.41, 5.74) is 4.51. The first-order valence-corrected chi connectivity index (χ1v) is 8.04. The van der Waals surface area contributed by atoms with Crippen LogP contribution in [0.25, 0.3) is 0 Å². The van der Waals surface area contributed by atoms with E-state index in [-0.39, 0.29) is 16.8 Å². The van der Waals surface area contributed by atoms with Crippen LogP contribution in [0.4, 0.5) is 5.69 Å². The molecular weight excluding hydrogens is 354 g/mol. The number of nitrogens with one attached hydrogen (secondary N) is 2. The number of para-hydroxylation sites is 1. The number of rotatable bonds is 6. The molecule has 2 N–H and O–H groups in total. The van der Waals surface area contributed by atoms with Crippen LogP contribution in [0.2, 0.25) is 0 Å². The van der Waals surface area contributed by atoms with E-state index in [0.29, 0.717) is 23.7 Å². The maximum atomic E-state index is 12.2. The number of nitro groups is 1. The second kappa shape index (κ2) is 8.65. The van der Waals surface area contributed by atoms with Crippen molar-refractivity contribution in [3.05, 3.63) is 63.2 Å². The Kier molecular flexibility index (Phi) is 6.32. The van der Waals surface area contributed by atoms with Crippen molar-refractivity contribution in [2.75, 3.05) is 13.7 Å². The van der Waals surface area contributed by atoms with Gasteiger partial charge < -0.3 is 9.47 Å². The van der Waals surface area contributed by atoms with Crippen molar-refractivity contribution in [1.82, 2.24) is 10.9 Å². The lowest BCUT2D eigenvalue weighted by molar-refractivity contribution is -0.385. The molecule has 0 heterocycles. The molecule has 9 nitrogen and oxygen atoms in total. The highest BCUT2D eigenvalue weighted by Crippen LogP contribution is 2.28. The number of amides is 2. The van der Waals surface area contributed by atoms with Crippen LogP contribution < -0.4 is 20.3 Å². The summed E-state index contributed by atoms with van der Waals surface area (Å²) in [6.45, 7) is 3.78. The van der Waals surface area contributed by atoms with E-state index in [2.05, 4.69) is 10.9 Å². The van der Waals surface area contributed by atoms with E-state index in [1.165, 1.54) is 44.4 Å². The third-order valence-corrected chi connectivity index (χ3v) is 3.68. The largest absolute Gasteiger partial charge is 0.493 e. The van der Waals surface area contributed by atoms with Crippen LogP contribution in [0.15, 0.2) is 36.4 Å². The molecule has 0 saturated carbocycles. The molecule has 0 bridgehead atoms. The summed E-state index contributed by atoms with van der Waals surface area (Å²) >= 11 is 0. The van der Waals surface area contributed by atoms with Crippen LogP contribution in [-0.2, 0) is 0 Å². The van der Waals surface area contributed by atoms with Gasteiger partial charge in [0.15, 0.2) is 11.5 Å². The minimum absolute atomic E-state index is 0.149. The third kappa shape index (κ3) is 4.51. The van der Waals surface area contributed by atoms with Crippen LogP contribution in [0, 0.1) is 17.0 Å². The van der Waals surface area contributed by atoms with Crippen molar-refractivity contribution >= 4 is 17.5 Å². The first kappa shape index (κ1) is 19.7. The first-order valence-electron chi connectivity index (χ1n) is 8.04. The van der Waals surface area contributed by atoms with Crippen LogP contribution in [0.1, 0.15) is 33.2 Å². The second-order valence-corrected chi connectivity index (χ2v) is 5.44. The molecule has 9 heteroatoms. The highest BCUT2D eigenvalue weighted by molar-refractivity contribution is 6.01. The summed E-state index contributed by atoms with van der Waals surface area (Å²) in [4.78, 5) is 35.0. The van der Waals surface area contributed by atoms with E-state index >= 15 is 0 Å². The molecule has 0 spiro atoms. The molecule has 0 fully saturated rings. The fourth-order valence-corrected chi connectivity index (χ4v) is 2.42. The Morgan fingerprint density at radius 2 is 1.81 bits per heavy atom. The summed E-state index contributed by atoms with van der Waals surface area (Å²) < 4.78 is 10.5. The summed E-state index contributed by atoms with van der Waals surface area (Å²) in [7, 11) is 1.44. The summed E-state index contributed by atoms with van der Waals surface area (Å²) in [5, 5.41) is 11.2. The van der Waals surface area contributed by atoms with Gasteiger partial charge in [-0.25, -0.2) is 0 Å². The Morgan fingerprint density at radius 3 is 2.44 bits per heavy atom. The second-order valence-electron chi connectivity index (χ2n) is 5.44. The molecule has 27 heavy (non-hydrogen) atoms. The van der Waals surface area contributed by atoms with Gasteiger partial charge in [0.1, 0.15) is 5.56 Å². The highest BCUT2D eigenvalue weighted by atomic mass is 16.6. The summed E-state index contributed by atoms with van der Waals surface area (Å²) in [6, 6.07) is 8.90. The van der Waals surface area contributed by atoms with Crippen LogP contribution in [0.5, 0.6) is 11.5 Å². The van der Waals surface area contributed by atoms with Gasteiger partial charge in [0.05, 0.1) is 18.6 Å². The number of benzene rings is 2. The van der Waals surface area contributed by atoms with E-state index in [0.717, 1.165) is 0 Å². The zero-order valence-electron chi connectivity index (χ0n) is 15.1. The number of aryl methyl sites for hydroxylation is 1. The van der Waals surface area contributed by atoms with Gasteiger partial charge in [-0.1, -0.05) is 12.1 Å². The van der Waals surface area contributed by atoms with Gasteiger partial charge in [0.2, 0.25) is 0 Å². The Bertz CT molecular complexity index is 881. The van der Waals surface area contributed by atoms with Gasteiger partial charge >= 0.3 is 0 Å². The molecule has 2 aromatic rings. The number of hydrogen-bond acceptors (Lipinski definition) is 6. The molecule has 2 aromatic carbocycles. The number of carbonyl (C=O) groups is 2. The molecule has 142 valence electrons. The number of hydrogen-bond donors (Lipinski definition) is 2. The van der Waals surface area contributed by atoms with E-state index in [1.807, 2.05) is 6.92 Å². The minimum Gasteiger partial charge on any atom is -0.493 e. The van der Waals surface area contributed by atoms with E-state index in [4.69, 9.17) is 9.47 Å². The molecule has 2 amide bonds. The maximum Gasteiger partial charge on any atom is 0.285 e. The van der Waals surface area contributed by atoms with Crippen LogP contribution in [0.3, 0.4) is 0 Å². The fourth-order valence-electron chi connectivity index (χ4n) is 2.42. The van der Waals surface area contributed by atoms with Gasteiger partial charge in [-0.2, -0.15) is 0 Å². The van der Waals surface area contributed by atoms with Crippen molar-refractivity contribution < 1.29 is 24.0 Å². The summed E-state index contributed by atoms with van der Waals surface area (Å²) in [5.74, 6) is -0.558. The molecule has 0 aliphatic rings. The molecular formula is C18H19N3O6. The van der Waals surface area contributed by atoms with Crippen LogP contribution >= 0.6 is 0 Å². The fraction of sp³-hybridized carbons (Fsp3) is 0.222. The zero-order chi connectivity index (χ0) is 20.0. The molecule has 0 radical (unpaired) electrons. The van der Waals surface area contributed by atoms with E-state index in [9.17, 15) is 19.7 Å². The smallest absolute Gasteiger partial charge is 0.285 e. The Hall–Kier alpha value is -3.62. The van der Waals surface area contributed by atoms with Crippen molar-refractivity contribution in [3.8, 4) is 11.5 Å². The van der Waals surface area contributed by atoms with Crippen molar-refractivity contribution in [2.24, 2.45) is 0 Å². The first-order chi connectivity index (χ1) is 12.9. The lowest BCUT2D eigenvalue weighted by atomic mass is 10.1. The van der Waals surface area contributed by atoms with Crippen molar-refractivity contribution in [3.63, 3.8) is 0 Å². The lowest BCUT2D eigenvalue weighted by Gasteiger charge is -2.12. The topological polar surface area (TPSA) is 120 Å². The molecule has 0 aliphatic heterocycles. The lowest BCUT2D eigenvalue weighted by Crippen LogP contribution is -2.41. The Labute approximate surface area is 155 Å². The van der Waals surface area contributed by atoms with Gasteiger partial charge in [0, 0.05) is 11.1 Å². The van der Waals surface area contributed by atoms with Gasteiger partial charge in [-0.3, -0.25) is 30.6 Å². The SMILES string of the molecule is CCOc1ccc(C(=O)NNC(=O)c2cccc(C)c2[N+](=O)[O-])cc1OC. The molecule has 0 unspecified atom stereocenters. The third-order valence-electron chi connectivity index (χ3n) is 3.68. The molecule has 2 rings (SSSR count). The summed E-state index contributed by atoms with van der Waals surface area (Å²) in [6.07, 6.45) is 0. The predicted molar refractivity (Wildman–Crippen MR) is 96.9 cm³/mol.